The maximum absolute atomic E-state index is 12.8. The monoisotopic (exact) mass is 346 g/mol. The van der Waals surface area contributed by atoms with E-state index in [-0.39, 0.29) is 30.2 Å². The molecule has 2 unspecified atom stereocenters. The van der Waals surface area contributed by atoms with Gasteiger partial charge in [0.25, 0.3) is 0 Å². The van der Waals surface area contributed by atoms with Crippen LogP contribution in [0.15, 0.2) is 24.3 Å². The Balaban J connectivity index is 0.00000176. The van der Waals surface area contributed by atoms with Crippen LogP contribution in [0.5, 0.6) is 5.75 Å². The highest BCUT2D eigenvalue weighted by atomic mass is 35.5. The molecule has 124 valence electrons. The minimum Gasteiger partial charge on any atom is -0.497 e. The van der Waals surface area contributed by atoms with Gasteiger partial charge in [0, 0.05) is 18.6 Å². The van der Waals surface area contributed by atoms with Gasteiger partial charge in [0.15, 0.2) is 0 Å². The van der Waals surface area contributed by atoms with Gasteiger partial charge in [-0.1, -0.05) is 12.1 Å². The number of nitrogens with one attached hydrogen (secondary N) is 1. The molecule has 2 aliphatic rings. The minimum absolute atomic E-state index is 0. The largest absolute Gasteiger partial charge is 0.497 e. The van der Waals surface area contributed by atoms with Crippen molar-refractivity contribution in [1.82, 2.24) is 9.62 Å². The molecule has 2 bridgehead atoms. The molecule has 0 spiro atoms. The van der Waals surface area contributed by atoms with Crippen LogP contribution in [0.3, 0.4) is 0 Å². The maximum Gasteiger partial charge on any atom is 0.218 e. The van der Waals surface area contributed by atoms with Gasteiger partial charge in [-0.15, -0.1) is 12.4 Å². The normalized spacial score (nSPS) is 25.3. The van der Waals surface area contributed by atoms with Gasteiger partial charge in [0.05, 0.1) is 12.9 Å². The number of fused-ring (bicyclic) bond motifs is 2. The van der Waals surface area contributed by atoms with E-state index in [1.54, 1.807) is 17.5 Å². The Morgan fingerprint density at radius 2 is 2.05 bits per heavy atom. The summed E-state index contributed by atoms with van der Waals surface area (Å²) in [5.41, 5.74) is 0.783. The SMILES string of the molecule is COc1cccc(CS(=O)(=O)N2C3CCNCC2CC3)c1.Cl. The van der Waals surface area contributed by atoms with Gasteiger partial charge in [-0.05, 0) is 43.5 Å². The van der Waals surface area contributed by atoms with Gasteiger partial charge < -0.3 is 10.1 Å². The number of hydrogen-bond donors (Lipinski definition) is 1. The molecule has 5 nitrogen and oxygen atoms in total. The molecule has 1 aromatic carbocycles. The van der Waals surface area contributed by atoms with Crippen molar-refractivity contribution < 1.29 is 13.2 Å². The predicted octanol–water partition coefficient (Wildman–Crippen LogP) is 1.77. The van der Waals surface area contributed by atoms with E-state index in [2.05, 4.69) is 5.32 Å². The number of methoxy groups -OCH3 is 1. The van der Waals surface area contributed by atoms with Gasteiger partial charge in [0.1, 0.15) is 5.75 Å². The van der Waals surface area contributed by atoms with E-state index in [0.717, 1.165) is 37.9 Å². The number of ether oxygens (including phenoxy) is 1. The molecule has 2 saturated heterocycles. The van der Waals surface area contributed by atoms with Crippen LogP contribution in [0, 0.1) is 0 Å². The van der Waals surface area contributed by atoms with E-state index in [1.165, 1.54) is 0 Å². The lowest BCUT2D eigenvalue weighted by Gasteiger charge is -2.27. The van der Waals surface area contributed by atoms with E-state index in [1.807, 2.05) is 18.2 Å². The summed E-state index contributed by atoms with van der Waals surface area (Å²) in [6, 6.07) is 7.60. The molecule has 1 aromatic rings. The van der Waals surface area contributed by atoms with Gasteiger partial charge in [-0.25, -0.2) is 8.42 Å². The lowest BCUT2D eigenvalue weighted by molar-refractivity contribution is 0.334. The smallest absolute Gasteiger partial charge is 0.218 e. The summed E-state index contributed by atoms with van der Waals surface area (Å²) in [4.78, 5) is 0. The minimum atomic E-state index is -3.28. The second-order valence-electron chi connectivity index (χ2n) is 5.82. The Labute approximate surface area is 138 Å². The first-order valence-corrected chi connectivity index (χ1v) is 9.06. The highest BCUT2D eigenvalue weighted by molar-refractivity contribution is 7.88. The molecule has 3 rings (SSSR count). The van der Waals surface area contributed by atoms with Gasteiger partial charge in [-0.3, -0.25) is 0 Å². The molecule has 0 amide bonds. The molecule has 1 N–H and O–H groups in total. The quantitative estimate of drug-likeness (QED) is 0.902. The van der Waals surface area contributed by atoms with E-state index >= 15 is 0 Å². The summed E-state index contributed by atoms with van der Waals surface area (Å²) >= 11 is 0. The second-order valence-corrected chi connectivity index (χ2v) is 7.69. The number of nitrogens with zero attached hydrogens (tertiary/aromatic N) is 1. The van der Waals surface area contributed by atoms with Crippen molar-refractivity contribution in [3.8, 4) is 5.75 Å². The highest BCUT2D eigenvalue weighted by Gasteiger charge is 2.42. The lowest BCUT2D eigenvalue weighted by atomic mass is 10.1. The summed E-state index contributed by atoms with van der Waals surface area (Å²) in [6.07, 6.45) is 2.87. The molecule has 2 atom stereocenters. The summed E-state index contributed by atoms with van der Waals surface area (Å²) in [6.45, 7) is 1.68. The van der Waals surface area contributed by atoms with Crippen molar-refractivity contribution in [3.63, 3.8) is 0 Å². The van der Waals surface area contributed by atoms with Crippen LogP contribution in [0.1, 0.15) is 24.8 Å². The number of rotatable bonds is 4. The van der Waals surface area contributed by atoms with Crippen LogP contribution >= 0.6 is 12.4 Å². The molecular formula is C15H23ClN2O3S. The fourth-order valence-corrected chi connectivity index (χ4v) is 5.49. The van der Waals surface area contributed by atoms with Crippen molar-refractivity contribution in [2.24, 2.45) is 0 Å². The number of hydrogen-bond acceptors (Lipinski definition) is 4. The van der Waals surface area contributed by atoms with Crippen LogP contribution in [0.25, 0.3) is 0 Å². The topological polar surface area (TPSA) is 58.6 Å². The molecule has 2 heterocycles. The fraction of sp³-hybridized carbons (Fsp3) is 0.600. The third kappa shape index (κ3) is 3.56. The van der Waals surface area contributed by atoms with Gasteiger partial charge in [-0.2, -0.15) is 4.31 Å². The first kappa shape index (κ1) is 17.5. The van der Waals surface area contributed by atoms with Crippen LogP contribution in [-0.2, 0) is 15.8 Å². The molecule has 0 aliphatic carbocycles. The fourth-order valence-electron chi connectivity index (χ4n) is 3.44. The zero-order valence-corrected chi connectivity index (χ0v) is 14.3. The van der Waals surface area contributed by atoms with Crippen molar-refractivity contribution in [2.45, 2.75) is 37.1 Å². The second kappa shape index (κ2) is 7.17. The maximum atomic E-state index is 12.8. The Hall–Kier alpha value is -0.820. The first-order valence-electron chi connectivity index (χ1n) is 7.45. The van der Waals surface area contributed by atoms with Crippen LogP contribution in [0.4, 0.5) is 0 Å². The van der Waals surface area contributed by atoms with E-state index in [9.17, 15) is 8.42 Å². The van der Waals surface area contributed by atoms with Crippen molar-refractivity contribution >= 4 is 22.4 Å². The molecule has 2 aliphatic heterocycles. The molecule has 0 radical (unpaired) electrons. The van der Waals surface area contributed by atoms with E-state index in [0.29, 0.717) is 5.75 Å². The molecular weight excluding hydrogens is 324 g/mol. The van der Waals surface area contributed by atoms with Crippen molar-refractivity contribution in [3.05, 3.63) is 29.8 Å². The molecule has 0 aromatic heterocycles. The van der Waals surface area contributed by atoms with E-state index < -0.39 is 10.0 Å². The lowest BCUT2D eigenvalue weighted by Crippen LogP contribution is -2.43. The summed E-state index contributed by atoms with van der Waals surface area (Å²) in [5.74, 6) is 0.750. The third-order valence-corrected chi connectivity index (χ3v) is 6.33. The number of halogens is 1. The Morgan fingerprint density at radius 1 is 1.27 bits per heavy atom. The van der Waals surface area contributed by atoms with E-state index in [4.69, 9.17) is 4.74 Å². The molecule has 7 heteroatoms. The first-order chi connectivity index (χ1) is 10.1. The summed E-state index contributed by atoms with van der Waals surface area (Å²) in [5, 5.41) is 3.34. The van der Waals surface area contributed by atoms with Gasteiger partial charge >= 0.3 is 0 Å². The third-order valence-electron chi connectivity index (χ3n) is 4.39. The highest BCUT2D eigenvalue weighted by Crippen LogP contribution is 2.32. The zero-order chi connectivity index (χ0) is 14.9. The summed E-state index contributed by atoms with van der Waals surface area (Å²) < 4.78 is 32.6. The molecule has 22 heavy (non-hydrogen) atoms. The molecule has 2 fully saturated rings. The average molecular weight is 347 g/mol. The van der Waals surface area contributed by atoms with Crippen LogP contribution in [0.2, 0.25) is 0 Å². The molecule has 0 saturated carbocycles. The average Bonchev–Trinajstić information content (AvgIpc) is 2.72. The zero-order valence-electron chi connectivity index (χ0n) is 12.7. The summed E-state index contributed by atoms with van der Waals surface area (Å²) in [7, 11) is -1.69. The van der Waals surface area contributed by atoms with Crippen LogP contribution in [-0.4, -0.2) is 45.0 Å². The Kier molecular flexibility index (Phi) is 5.71. The van der Waals surface area contributed by atoms with Crippen molar-refractivity contribution in [2.75, 3.05) is 20.2 Å². The van der Waals surface area contributed by atoms with Crippen molar-refractivity contribution in [1.29, 1.82) is 0 Å². The van der Waals surface area contributed by atoms with Crippen LogP contribution < -0.4 is 10.1 Å². The predicted molar refractivity (Wildman–Crippen MR) is 89.0 cm³/mol. The van der Waals surface area contributed by atoms with Gasteiger partial charge in [0.2, 0.25) is 10.0 Å². The Morgan fingerprint density at radius 3 is 2.82 bits per heavy atom. The number of sulfonamides is 1. The Bertz CT molecular complexity index is 595. The standard InChI is InChI=1S/C15H22N2O3S.ClH/c1-20-15-4-2-3-12(9-15)11-21(18,19)17-13-5-6-14(17)10-16-8-7-13;/h2-4,9,13-14,16H,5-8,10-11H2,1H3;1H. The number of benzene rings is 1.